The largest absolute Gasteiger partial charge is 0.330 e. The summed E-state index contributed by atoms with van der Waals surface area (Å²) in [6.45, 7) is 9.53. The Hall–Kier alpha value is -0.170. The van der Waals surface area contributed by atoms with Gasteiger partial charge >= 0.3 is 0 Å². The summed E-state index contributed by atoms with van der Waals surface area (Å²) in [5.41, 5.74) is 5.43. The second-order valence-corrected chi connectivity index (χ2v) is 6.46. The van der Waals surface area contributed by atoms with Crippen molar-refractivity contribution >= 4 is 10.2 Å². The lowest BCUT2D eigenvalue weighted by molar-refractivity contribution is 0.264. The maximum Gasteiger partial charge on any atom is 0.279 e. The van der Waals surface area contributed by atoms with E-state index in [4.69, 9.17) is 5.73 Å². The lowest BCUT2D eigenvalue weighted by Gasteiger charge is -2.30. The minimum absolute atomic E-state index is 0.197. The Kier molecular flexibility index (Phi) is 6.47. The van der Waals surface area contributed by atoms with Crippen LogP contribution in [0.25, 0.3) is 0 Å². The van der Waals surface area contributed by atoms with Gasteiger partial charge in [0, 0.05) is 19.6 Å². The molecule has 16 heavy (non-hydrogen) atoms. The van der Waals surface area contributed by atoms with Crippen molar-refractivity contribution in [1.29, 1.82) is 0 Å². The molecule has 3 N–H and O–H groups in total. The molecule has 0 unspecified atom stereocenters. The van der Waals surface area contributed by atoms with Gasteiger partial charge in [0.1, 0.15) is 0 Å². The van der Waals surface area contributed by atoms with Gasteiger partial charge in [0.15, 0.2) is 0 Å². The highest BCUT2D eigenvalue weighted by atomic mass is 32.2. The first kappa shape index (κ1) is 15.8. The van der Waals surface area contributed by atoms with Crippen molar-refractivity contribution in [2.45, 2.75) is 34.1 Å². The van der Waals surface area contributed by atoms with E-state index in [0.717, 1.165) is 6.42 Å². The fraction of sp³-hybridized carbons (Fsp3) is 1.00. The zero-order valence-electron chi connectivity index (χ0n) is 10.8. The maximum atomic E-state index is 11.9. The van der Waals surface area contributed by atoms with Crippen molar-refractivity contribution in [1.82, 2.24) is 9.03 Å². The molecule has 0 saturated carbocycles. The van der Waals surface area contributed by atoms with E-state index in [2.05, 4.69) is 4.72 Å². The van der Waals surface area contributed by atoms with E-state index in [9.17, 15) is 8.42 Å². The lowest BCUT2D eigenvalue weighted by atomic mass is 9.94. The zero-order chi connectivity index (χ0) is 12.8. The number of rotatable bonds is 8. The molecule has 0 bridgehead atoms. The van der Waals surface area contributed by atoms with Gasteiger partial charge in [0.2, 0.25) is 0 Å². The summed E-state index contributed by atoms with van der Waals surface area (Å²) in [5, 5.41) is 0. The van der Waals surface area contributed by atoms with E-state index in [0.29, 0.717) is 26.2 Å². The third kappa shape index (κ3) is 5.25. The fourth-order valence-corrected chi connectivity index (χ4v) is 2.84. The standard InChI is InChI=1S/C10H25N3O2S/c1-5-7-13(9-10(3,4)8-11)16(14,15)12-6-2/h12H,5-9,11H2,1-4H3. The molecule has 0 spiro atoms. The minimum atomic E-state index is -3.35. The van der Waals surface area contributed by atoms with E-state index in [1.54, 1.807) is 6.92 Å². The molecule has 0 aliphatic heterocycles. The molecule has 98 valence electrons. The normalized spacial score (nSPS) is 13.4. The van der Waals surface area contributed by atoms with Crippen molar-refractivity contribution < 1.29 is 8.42 Å². The van der Waals surface area contributed by atoms with Crippen LogP contribution in [0.15, 0.2) is 0 Å². The number of nitrogens with two attached hydrogens (primary N) is 1. The quantitative estimate of drug-likeness (QED) is 0.661. The van der Waals surface area contributed by atoms with E-state index in [1.165, 1.54) is 4.31 Å². The Morgan fingerprint density at radius 3 is 2.25 bits per heavy atom. The lowest BCUT2D eigenvalue weighted by Crippen LogP contribution is -2.47. The van der Waals surface area contributed by atoms with Crippen LogP contribution in [0.5, 0.6) is 0 Å². The molecule has 0 saturated heterocycles. The fourth-order valence-electron chi connectivity index (χ4n) is 1.35. The topological polar surface area (TPSA) is 75.4 Å². The Labute approximate surface area is 99.6 Å². The molecule has 0 heterocycles. The zero-order valence-corrected chi connectivity index (χ0v) is 11.6. The van der Waals surface area contributed by atoms with Crippen LogP contribution in [0.2, 0.25) is 0 Å². The van der Waals surface area contributed by atoms with Crippen LogP contribution in [0.3, 0.4) is 0 Å². The summed E-state index contributed by atoms with van der Waals surface area (Å²) in [7, 11) is -3.35. The molecule has 0 fully saturated rings. The first-order valence-electron chi connectivity index (χ1n) is 5.74. The summed E-state index contributed by atoms with van der Waals surface area (Å²) in [5.74, 6) is 0. The molecule has 0 amide bonds. The monoisotopic (exact) mass is 251 g/mol. The van der Waals surface area contributed by atoms with Crippen molar-refractivity contribution in [3.8, 4) is 0 Å². The average Bonchev–Trinajstić information content (AvgIpc) is 2.17. The van der Waals surface area contributed by atoms with Gasteiger partial charge in [-0.25, -0.2) is 4.72 Å². The number of hydrogen-bond donors (Lipinski definition) is 2. The molecule has 0 aromatic heterocycles. The molecular weight excluding hydrogens is 226 g/mol. The Balaban J connectivity index is 4.74. The van der Waals surface area contributed by atoms with E-state index in [1.807, 2.05) is 20.8 Å². The van der Waals surface area contributed by atoms with Crippen LogP contribution >= 0.6 is 0 Å². The average molecular weight is 251 g/mol. The van der Waals surface area contributed by atoms with E-state index in [-0.39, 0.29) is 5.41 Å². The third-order valence-corrected chi connectivity index (χ3v) is 3.94. The molecule has 0 radical (unpaired) electrons. The summed E-state index contributed by atoms with van der Waals surface area (Å²) < 4.78 is 27.8. The Morgan fingerprint density at radius 2 is 1.88 bits per heavy atom. The smallest absolute Gasteiger partial charge is 0.279 e. The summed E-state index contributed by atoms with van der Waals surface area (Å²) >= 11 is 0. The van der Waals surface area contributed by atoms with Crippen LogP contribution in [-0.4, -0.2) is 38.9 Å². The molecule has 0 aliphatic carbocycles. The first-order chi connectivity index (χ1) is 7.29. The van der Waals surface area contributed by atoms with Gasteiger partial charge in [-0.15, -0.1) is 0 Å². The summed E-state index contributed by atoms with van der Waals surface area (Å²) in [6.07, 6.45) is 0.797. The Morgan fingerprint density at radius 1 is 1.31 bits per heavy atom. The molecular formula is C10H25N3O2S. The molecule has 0 atom stereocenters. The van der Waals surface area contributed by atoms with Crippen LogP contribution < -0.4 is 10.5 Å². The SMILES string of the molecule is CCCN(CC(C)(C)CN)S(=O)(=O)NCC. The maximum absolute atomic E-state index is 11.9. The van der Waals surface area contributed by atoms with Crippen molar-refractivity contribution in [2.75, 3.05) is 26.2 Å². The molecule has 6 heteroatoms. The van der Waals surface area contributed by atoms with Gasteiger partial charge in [-0.2, -0.15) is 12.7 Å². The van der Waals surface area contributed by atoms with Crippen LogP contribution in [0, 0.1) is 5.41 Å². The van der Waals surface area contributed by atoms with Crippen molar-refractivity contribution in [3.63, 3.8) is 0 Å². The molecule has 0 aromatic carbocycles. The third-order valence-electron chi connectivity index (χ3n) is 2.30. The second kappa shape index (κ2) is 6.54. The van der Waals surface area contributed by atoms with Crippen LogP contribution in [-0.2, 0) is 10.2 Å². The van der Waals surface area contributed by atoms with Crippen LogP contribution in [0.4, 0.5) is 0 Å². The second-order valence-electron chi connectivity index (χ2n) is 4.70. The summed E-state index contributed by atoms with van der Waals surface area (Å²) in [4.78, 5) is 0. The van der Waals surface area contributed by atoms with Crippen molar-refractivity contribution in [2.24, 2.45) is 11.1 Å². The van der Waals surface area contributed by atoms with Gasteiger partial charge in [-0.1, -0.05) is 27.7 Å². The highest BCUT2D eigenvalue weighted by Gasteiger charge is 2.27. The minimum Gasteiger partial charge on any atom is -0.330 e. The molecule has 0 aliphatic rings. The highest BCUT2D eigenvalue weighted by molar-refractivity contribution is 7.87. The van der Waals surface area contributed by atoms with Gasteiger partial charge < -0.3 is 5.73 Å². The van der Waals surface area contributed by atoms with Gasteiger partial charge in [-0.05, 0) is 18.4 Å². The van der Waals surface area contributed by atoms with Gasteiger partial charge in [0.25, 0.3) is 10.2 Å². The van der Waals surface area contributed by atoms with Gasteiger partial charge in [0.05, 0.1) is 0 Å². The molecule has 0 aromatic rings. The van der Waals surface area contributed by atoms with Gasteiger partial charge in [-0.3, -0.25) is 0 Å². The molecule has 0 rings (SSSR count). The predicted octanol–water partition coefficient (Wildman–Crippen LogP) is 0.538. The van der Waals surface area contributed by atoms with E-state index >= 15 is 0 Å². The number of nitrogens with zero attached hydrogens (tertiary/aromatic N) is 1. The molecule has 5 nitrogen and oxygen atoms in total. The predicted molar refractivity (Wildman–Crippen MR) is 67.3 cm³/mol. The number of hydrogen-bond acceptors (Lipinski definition) is 3. The number of nitrogens with one attached hydrogen (secondary N) is 1. The van der Waals surface area contributed by atoms with Crippen molar-refractivity contribution in [3.05, 3.63) is 0 Å². The first-order valence-corrected chi connectivity index (χ1v) is 7.18. The van der Waals surface area contributed by atoms with Crippen LogP contribution in [0.1, 0.15) is 34.1 Å². The van der Waals surface area contributed by atoms with E-state index < -0.39 is 10.2 Å². The summed E-state index contributed by atoms with van der Waals surface area (Å²) in [6, 6.07) is 0. The Bertz CT molecular complexity index is 288. The highest BCUT2D eigenvalue weighted by Crippen LogP contribution is 2.16.